The first-order valence-corrected chi connectivity index (χ1v) is 11.3. The highest BCUT2D eigenvalue weighted by atomic mass is 32.2. The molecule has 0 bridgehead atoms. The molecule has 0 aliphatic carbocycles. The summed E-state index contributed by atoms with van der Waals surface area (Å²) in [4.78, 5) is 33.8. The number of carbonyl (C=O) groups is 2. The molecule has 2 aliphatic heterocycles. The van der Waals surface area contributed by atoms with Gasteiger partial charge in [-0.05, 0) is 43.0 Å². The van der Waals surface area contributed by atoms with Crippen molar-refractivity contribution in [2.45, 2.75) is 43.7 Å². The van der Waals surface area contributed by atoms with Gasteiger partial charge in [0.1, 0.15) is 12.4 Å². The first-order valence-electron chi connectivity index (χ1n) is 10.3. The zero-order valence-electron chi connectivity index (χ0n) is 17.2. The second-order valence-electron chi connectivity index (χ2n) is 8.17. The summed E-state index contributed by atoms with van der Waals surface area (Å²) in [5, 5.41) is 0.723. The van der Waals surface area contributed by atoms with Crippen LogP contribution in [0.5, 0.6) is 0 Å². The topological polar surface area (TPSA) is 62.7 Å². The van der Waals surface area contributed by atoms with Gasteiger partial charge in [0, 0.05) is 35.6 Å². The van der Waals surface area contributed by atoms with E-state index in [0.29, 0.717) is 36.9 Å². The largest absolute Gasteiger partial charge is 0.447 e. The van der Waals surface area contributed by atoms with Crippen molar-refractivity contribution in [1.82, 2.24) is 14.8 Å². The number of benzene rings is 1. The van der Waals surface area contributed by atoms with Crippen LogP contribution in [-0.4, -0.2) is 64.3 Å². The normalized spacial score (nSPS) is 20.3. The van der Waals surface area contributed by atoms with Crippen molar-refractivity contribution in [3.63, 3.8) is 0 Å². The quantitative estimate of drug-likeness (QED) is 0.671. The van der Waals surface area contributed by atoms with Crippen LogP contribution in [0.25, 0.3) is 10.9 Å². The van der Waals surface area contributed by atoms with Crippen molar-refractivity contribution in [3.8, 4) is 0 Å². The molecule has 30 heavy (non-hydrogen) atoms. The molecule has 2 aromatic rings. The Kier molecular flexibility index (Phi) is 6.13. The van der Waals surface area contributed by atoms with Gasteiger partial charge in [-0.15, -0.1) is 11.8 Å². The van der Waals surface area contributed by atoms with Crippen LogP contribution in [0.1, 0.15) is 26.7 Å². The van der Waals surface area contributed by atoms with Crippen molar-refractivity contribution in [2.75, 3.05) is 25.4 Å². The molecule has 2 amide bonds. The lowest BCUT2D eigenvalue weighted by atomic mass is 9.98. The van der Waals surface area contributed by atoms with E-state index in [1.165, 1.54) is 23.9 Å². The van der Waals surface area contributed by atoms with Crippen LogP contribution in [0, 0.1) is 11.7 Å². The first kappa shape index (κ1) is 20.9. The fourth-order valence-corrected chi connectivity index (χ4v) is 5.16. The van der Waals surface area contributed by atoms with E-state index in [-0.39, 0.29) is 29.9 Å². The van der Waals surface area contributed by atoms with E-state index in [4.69, 9.17) is 4.74 Å². The van der Waals surface area contributed by atoms with E-state index < -0.39 is 0 Å². The molecule has 3 heterocycles. The Balaban J connectivity index is 1.34. The molecule has 0 radical (unpaired) electrons. The zero-order chi connectivity index (χ0) is 21.3. The summed E-state index contributed by atoms with van der Waals surface area (Å²) in [5.74, 6) is 0.378. The van der Waals surface area contributed by atoms with E-state index in [1.807, 2.05) is 15.9 Å². The fraction of sp³-hybridized carbons (Fsp3) is 0.500. The van der Waals surface area contributed by atoms with Gasteiger partial charge in [-0.2, -0.15) is 0 Å². The second-order valence-corrected chi connectivity index (χ2v) is 9.18. The molecule has 1 atom stereocenters. The van der Waals surface area contributed by atoms with Crippen LogP contribution in [0.4, 0.5) is 9.18 Å². The number of thioether (sulfide) groups is 1. The highest BCUT2D eigenvalue weighted by molar-refractivity contribution is 8.00. The maximum atomic E-state index is 13.6. The molecule has 0 N–H and O–H groups in total. The minimum absolute atomic E-state index is 0.0595. The number of hydrogen-bond donors (Lipinski definition) is 0. The van der Waals surface area contributed by atoms with Gasteiger partial charge >= 0.3 is 6.09 Å². The monoisotopic (exact) mass is 431 g/mol. The number of amides is 2. The van der Waals surface area contributed by atoms with E-state index in [1.54, 1.807) is 12.3 Å². The van der Waals surface area contributed by atoms with Crippen molar-refractivity contribution >= 4 is 34.7 Å². The lowest BCUT2D eigenvalue weighted by Gasteiger charge is -2.38. The predicted molar refractivity (Wildman–Crippen MR) is 114 cm³/mol. The highest BCUT2D eigenvalue weighted by Gasteiger charge is 2.41. The Morgan fingerprint density at radius 2 is 2.07 bits per heavy atom. The minimum atomic E-state index is -0.314. The lowest BCUT2D eigenvalue weighted by Crippen LogP contribution is -2.51. The Hall–Kier alpha value is -2.35. The van der Waals surface area contributed by atoms with Crippen LogP contribution >= 0.6 is 11.8 Å². The average molecular weight is 432 g/mol. The molecular weight excluding hydrogens is 405 g/mol. The molecular formula is C22H26FN3O3S. The van der Waals surface area contributed by atoms with Gasteiger partial charge in [-0.3, -0.25) is 14.7 Å². The SMILES string of the molecule is CC(C)C1COC(=O)N1C1CCN(C(=O)CSc2ccnc3ccc(F)cc23)CC1. The summed E-state index contributed by atoms with van der Waals surface area (Å²) in [6.45, 7) is 5.91. The molecule has 1 unspecified atom stereocenters. The summed E-state index contributed by atoms with van der Waals surface area (Å²) in [5.41, 5.74) is 0.715. The first-order chi connectivity index (χ1) is 14.4. The third kappa shape index (κ3) is 4.24. The Labute approximate surface area is 179 Å². The summed E-state index contributed by atoms with van der Waals surface area (Å²) in [6, 6.07) is 6.54. The van der Waals surface area contributed by atoms with Crippen LogP contribution in [0.3, 0.4) is 0 Å². The number of aromatic nitrogens is 1. The molecule has 4 rings (SSSR count). The maximum absolute atomic E-state index is 13.6. The Bertz CT molecular complexity index is 946. The number of rotatable bonds is 5. The number of cyclic esters (lactones) is 1. The number of hydrogen-bond acceptors (Lipinski definition) is 5. The third-order valence-corrected chi connectivity index (χ3v) is 7.00. The van der Waals surface area contributed by atoms with Crippen LogP contribution in [-0.2, 0) is 9.53 Å². The third-order valence-electron chi connectivity index (χ3n) is 5.94. The van der Waals surface area contributed by atoms with E-state index in [9.17, 15) is 14.0 Å². The Morgan fingerprint density at radius 1 is 1.30 bits per heavy atom. The van der Waals surface area contributed by atoms with E-state index in [0.717, 1.165) is 23.1 Å². The number of carbonyl (C=O) groups excluding carboxylic acids is 2. The van der Waals surface area contributed by atoms with Crippen LogP contribution in [0.15, 0.2) is 35.4 Å². The van der Waals surface area contributed by atoms with Crippen LogP contribution < -0.4 is 0 Å². The fourth-order valence-electron chi connectivity index (χ4n) is 4.22. The smallest absolute Gasteiger partial charge is 0.410 e. The number of piperidine rings is 1. The highest BCUT2D eigenvalue weighted by Crippen LogP contribution is 2.30. The minimum Gasteiger partial charge on any atom is -0.447 e. The van der Waals surface area contributed by atoms with Gasteiger partial charge in [0.25, 0.3) is 0 Å². The van der Waals surface area contributed by atoms with Gasteiger partial charge < -0.3 is 9.64 Å². The molecule has 2 fully saturated rings. The number of halogens is 1. The molecule has 0 spiro atoms. The second kappa shape index (κ2) is 8.79. The number of nitrogens with zero attached hydrogens (tertiary/aromatic N) is 3. The van der Waals surface area contributed by atoms with Crippen molar-refractivity contribution in [2.24, 2.45) is 5.92 Å². The molecule has 6 nitrogen and oxygen atoms in total. The lowest BCUT2D eigenvalue weighted by molar-refractivity contribution is -0.129. The van der Waals surface area contributed by atoms with Crippen molar-refractivity contribution < 1.29 is 18.7 Å². The summed E-state index contributed by atoms with van der Waals surface area (Å²) in [6.07, 6.45) is 2.97. The zero-order valence-corrected chi connectivity index (χ0v) is 18.0. The molecule has 160 valence electrons. The van der Waals surface area contributed by atoms with Crippen molar-refractivity contribution in [1.29, 1.82) is 0 Å². The molecule has 1 aromatic heterocycles. The number of ether oxygens (including phenoxy) is 1. The van der Waals surface area contributed by atoms with Crippen LogP contribution in [0.2, 0.25) is 0 Å². The summed E-state index contributed by atoms with van der Waals surface area (Å²) >= 11 is 1.41. The van der Waals surface area contributed by atoms with Gasteiger partial charge in [0.15, 0.2) is 0 Å². The summed E-state index contributed by atoms with van der Waals surface area (Å²) < 4.78 is 18.9. The van der Waals surface area contributed by atoms with Crippen molar-refractivity contribution in [3.05, 3.63) is 36.3 Å². The molecule has 0 saturated carbocycles. The van der Waals surface area contributed by atoms with Gasteiger partial charge in [0.05, 0.1) is 17.3 Å². The number of fused-ring (bicyclic) bond motifs is 1. The Morgan fingerprint density at radius 3 is 2.80 bits per heavy atom. The standard InChI is InChI=1S/C22H26FN3O3S/c1-14(2)19-12-29-22(28)26(19)16-6-9-25(10-7-16)21(27)13-30-20-5-8-24-18-4-3-15(23)11-17(18)20/h3-5,8,11,14,16,19H,6-7,9-10,12-13H2,1-2H3. The van der Waals surface area contributed by atoms with Gasteiger partial charge in [0.2, 0.25) is 5.91 Å². The maximum Gasteiger partial charge on any atom is 0.410 e. The van der Waals surface area contributed by atoms with Gasteiger partial charge in [-0.25, -0.2) is 9.18 Å². The number of likely N-dealkylation sites (tertiary alicyclic amines) is 1. The molecule has 2 saturated heterocycles. The van der Waals surface area contributed by atoms with E-state index in [2.05, 4.69) is 18.8 Å². The number of pyridine rings is 1. The molecule has 8 heteroatoms. The van der Waals surface area contributed by atoms with E-state index >= 15 is 0 Å². The average Bonchev–Trinajstić information content (AvgIpc) is 3.14. The molecule has 1 aromatic carbocycles. The van der Waals surface area contributed by atoms with Gasteiger partial charge in [-0.1, -0.05) is 13.8 Å². The summed E-state index contributed by atoms with van der Waals surface area (Å²) in [7, 11) is 0. The molecule has 2 aliphatic rings. The predicted octanol–water partition coefficient (Wildman–Crippen LogP) is 3.93.